The van der Waals surface area contributed by atoms with Gasteiger partial charge in [0.15, 0.2) is 0 Å². The van der Waals surface area contributed by atoms with Crippen molar-refractivity contribution in [2.45, 2.75) is 12.7 Å². The van der Waals surface area contributed by atoms with Gasteiger partial charge in [-0.25, -0.2) is 4.79 Å². The van der Waals surface area contributed by atoms with Crippen LogP contribution in [0.15, 0.2) is 48.5 Å². The van der Waals surface area contributed by atoms with Gasteiger partial charge in [0.2, 0.25) is 0 Å². The lowest BCUT2D eigenvalue weighted by Gasteiger charge is -2.09. The maximum atomic E-state index is 12.1. The molecule has 1 amide bonds. The first-order valence-corrected chi connectivity index (χ1v) is 6.94. The lowest BCUT2D eigenvalue weighted by molar-refractivity contribution is -0.173. The largest absolute Gasteiger partial charge is 0.471 e. The minimum atomic E-state index is -4.89. The van der Waals surface area contributed by atoms with E-state index in [1.807, 2.05) is 5.32 Å². The first-order chi connectivity index (χ1) is 11.3. The van der Waals surface area contributed by atoms with E-state index in [-0.39, 0.29) is 6.54 Å². The molecule has 0 aromatic heterocycles. The number of esters is 1. The Morgan fingerprint density at radius 1 is 0.958 bits per heavy atom. The highest BCUT2D eigenvalue weighted by Crippen LogP contribution is 2.21. The van der Waals surface area contributed by atoms with Crippen molar-refractivity contribution in [2.75, 3.05) is 7.11 Å². The second-order valence-corrected chi connectivity index (χ2v) is 4.95. The van der Waals surface area contributed by atoms with E-state index in [1.165, 1.54) is 7.11 Å². The summed E-state index contributed by atoms with van der Waals surface area (Å²) in [6, 6.07) is 13.4. The Morgan fingerprint density at radius 2 is 1.46 bits per heavy atom. The fourth-order valence-corrected chi connectivity index (χ4v) is 2.01. The summed E-state index contributed by atoms with van der Waals surface area (Å²) in [5.41, 5.74) is 2.64. The zero-order valence-corrected chi connectivity index (χ0v) is 12.7. The van der Waals surface area contributed by atoms with Gasteiger partial charge in [-0.2, -0.15) is 13.2 Å². The molecular weight excluding hydrogens is 323 g/mol. The molecule has 0 saturated heterocycles. The molecule has 2 aromatic rings. The van der Waals surface area contributed by atoms with Crippen molar-refractivity contribution < 1.29 is 27.5 Å². The number of hydrogen-bond acceptors (Lipinski definition) is 3. The molecule has 126 valence electrons. The van der Waals surface area contributed by atoms with E-state index < -0.39 is 18.1 Å². The molecule has 1 N–H and O–H groups in total. The summed E-state index contributed by atoms with van der Waals surface area (Å²) in [5, 5.41) is 1.81. The van der Waals surface area contributed by atoms with E-state index in [9.17, 15) is 22.8 Å². The molecule has 0 atom stereocenters. The number of carbonyl (C=O) groups excluding carboxylic acids is 2. The Hall–Kier alpha value is -2.83. The smallest absolute Gasteiger partial charge is 0.465 e. The Bertz CT molecular complexity index is 722. The summed E-state index contributed by atoms with van der Waals surface area (Å²) in [6.07, 6.45) is -4.89. The molecule has 0 spiro atoms. The van der Waals surface area contributed by atoms with Crippen LogP contribution < -0.4 is 5.32 Å². The number of alkyl halides is 3. The van der Waals surface area contributed by atoms with Crippen LogP contribution in [-0.2, 0) is 16.1 Å². The molecule has 24 heavy (non-hydrogen) atoms. The van der Waals surface area contributed by atoms with Gasteiger partial charge >= 0.3 is 18.1 Å². The first kappa shape index (κ1) is 17.5. The number of halogens is 3. The molecule has 0 aliphatic heterocycles. The van der Waals surface area contributed by atoms with Crippen molar-refractivity contribution in [3.63, 3.8) is 0 Å². The number of hydrogen-bond donors (Lipinski definition) is 1. The summed E-state index contributed by atoms with van der Waals surface area (Å²) >= 11 is 0. The normalized spacial score (nSPS) is 11.0. The number of methoxy groups -OCH3 is 1. The zero-order chi connectivity index (χ0) is 17.7. The zero-order valence-electron chi connectivity index (χ0n) is 12.7. The maximum absolute atomic E-state index is 12.1. The molecule has 7 heteroatoms. The third-order valence-electron chi connectivity index (χ3n) is 3.30. The van der Waals surface area contributed by atoms with Gasteiger partial charge < -0.3 is 10.1 Å². The third-order valence-corrected chi connectivity index (χ3v) is 3.30. The van der Waals surface area contributed by atoms with Crippen LogP contribution in [0.1, 0.15) is 15.9 Å². The SMILES string of the molecule is COC(=O)c1ccc(-c2ccc(CNC(=O)C(F)(F)F)cc2)cc1. The number of rotatable bonds is 4. The van der Waals surface area contributed by atoms with Gasteiger partial charge in [-0.15, -0.1) is 0 Å². The predicted molar refractivity (Wildman–Crippen MR) is 81.1 cm³/mol. The number of benzene rings is 2. The summed E-state index contributed by atoms with van der Waals surface area (Å²) in [4.78, 5) is 22.1. The number of amides is 1. The number of carbonyl (C=O) groups is 2. The van der Waals surface area contributed by atoms with E-state index in [0.29, 0.717) is 11.1 Å². The van der Waals surface area contributed by atoms with Crippen molar-refractivity contribution in [1.82, 2.24) is 5.32 Å². The monoisotopic (exact) mass is 337 g/mol. The average Bonchev–Trinajstić information content (AvgIpc) is 2.58. The Balaban J connectivity index is 2.04. The van der Waals surface area contributed by atoms with Gasteiger partial charge in [-0.3, -0.25) is 4.79 Å². The van der Waals surface area contributed by atoms with Crippen LogP contribution in [0.25, 0.3) is 11.1 Å². The standard InChI is InChI=1S/C17H14F3NO3/c1-24-15(22)14-8-6-13(7-9-14)12-4-2-11(3-5-12)10-21-16(23)17(18,19)20/h2-9H,10H2,1H3,(H,21,23). The molecule has 0 aliphatic carbocycles. The number of ether oxygens (including phenoxy) is 1. The van der Waals surface area contributed by atoms with E-state index in [2.05, 4.69) is 4.74 Å². The van der Waals surface area contributed by atoms with Gasteiger partial charge in [0.1, 0.15) is 0 Å². The highest BCUT2D eigenvalue weighted by atomic mass is 19.4. The minimum absolute atomic E-state index is 0.208. The summed E-state index contributed by atoms with van der Waals surface area (Å²) in [7, 11) is 1.30. The quantitative estimate of drug-likeness (QED) is 0.871. The van der Waals surface area contributed by atoms with E-state index in [4.69, 9.17) is 0 Å². The molecular formula is C17H14F3NO3. The lowest BCUT2D eigenvalue weighted by Crippen LogP contribution is -2.36. The molecule has 0 bridgehead atoms. The molecule has 4 nitrogen and oxygen atoms in total. The molecule has 0 fully saturated rings. The van der Waals surface area contributed by atoms with E-state index in [1.54, 1.807) is 48.5 Å². The van der Waals surface area contributed by atoms with Crippen LogP contribution in [0, 0.1) is 0 Å². The number of nitrogens with one attached hydrogen (secondary N) is 1. The highest BCUT2D eigenvalue weighted by molar-refractivity contribution is 5.90. The van der Waals surface area contributed by atoms with Crippen molar-refractivity contribution in [3.8, 4) is 11.1 Å². The topological polar surface area (TPSA) is 55.4 Å². The summed E-state index contributed by atoms with van der Waals surface area (Å²) in [5.74, 6) is -2.40. The second-order valence-electron chi connectivity index (χ2n) is 4.95. The van der Waals surface area contributed by atoms with Gasteiger partial charge in [0.05, 0.1) is 12.7 Å². The molecule has 0 radical (unpaired) electrons. The second kappa shape index (κ2) is 7.16. The Morgan fingerprint density at radius 3 is 1.92 bits per heavy atom. The Kier molecular flexibility index (Phi) is 5.23. The average molecular weight is 337 g/mol. The van der Waals surface area contributed by atoms with Gasteiger partial charge in [0.25, 0.3) is 0 Å². The van der Waals surface area contributed by atoms with Crippen molar-refractivity contribution in [3.05, 3.63) is 59.7 Å². The fourth-order valence-electron chi connectivity index (χ4n) is 2.01. The van der Waals surface area contributed by atoms with Crippen LogP contribution in [0.4, 0.5) is 13.2 Å². The van der Waals surface area contributed by atoms with Crippen molar-refractivity contribution >= 4 is 11.9 Å². The molecule has 0 aliphatic rings. The maximum Gasteiger partial charge on any atom is 0.471 e. The van der Waals surface area contributed by atoms with E-state index >= 15 is 0 Å². The first-order valence-electron chi connectivity index (χ1n) is 6.94. The molecule has 2 rings (SSSR count). The molecule has 0 heterocycles. The van der Waals surface area contributed by atoms with E-state index in [0.717, 1.165) is 11.1 Å². The molecule has 0 saturated carbocycles. The third kappa shape index (κ3) is 4.34. The fraction of sp³-hybridized carbons (Fsp3) is 0.176. The Labute approximate surface area is 136 Å². The lowest BCUT2D eigenvalue weighted by atomic mass is 10.0. The van der Waals surface area contributed by atoms with Crippen LogP contribution in [0.3, 0.4) is 0 Å². The molecule has 2 aromatic carbocycles. The highest BCUT2D eigenvalue weighted by Gasteiger charge is 2.38. The van der Waals surface area contributed by atoms with Gasteiger partial charge in [0, 0.05) is 6.54 Å². The van der Waals surface area contributed by atoms with Crippen LogP contribution >= 0.6 is 0 Å². The minimum Gasteiger partial charge on any atom is -0.465 e. The summed E-state index contributed by atoms with van der Waals surface area (Å²) in [6.45, 7) is -0.208. The molecule has 0 unspecified atom stereocenters. The van der Waals surface area contributed by atoms with Crippen LogP contribution in [0.5, 0.6) is 0 Å². The predicted octanol–water partition coefficient (Wildman–Crippen LogP) is 3.32. The summed E-state index contributed by atoms with van der Waals surface area (Å²) < 4.78 is 40.9. The van der Waals surface area contributed by atoms with Crippen molar-refractivity contribution in [1.29, 1.82) is 0 Å². The van der Waals surface area contributed by atoms with Crippen LogP contribution in [0.2, 0.25) is 0 Å². The van der Waals surface area contributed by atoms with Crippen LogP contribution in [-0.4, -0.2) is 25.2 Å². The van der Waals surface area contributed by atoms with Crippen molar-refractivity contribution in [2.24, 2.45) is 0 Å². The van der Waals surface area contributed by atoms with Gasteiger partial charge in [-0.1, -0.05) is 36.4 Å². The van der Waals surface area contributed by atoms with Gasteiger partial charge in [-0.05, 0) is 28.8 Å².